The van der Waals surface area contributed by atoms with Gasteiger partial charge in [-0.3, -0.25) is 4.57 Å². The highest BCUT2D eigenvalue weighted by molar-refractivity contribution is 8.93. The van der Waals surface area contributed by atoms with Gasteiger partial charge in [-0.05, 0) is 18.2 Å². The summed E-state index contributed by atoms with van der Waals surface area (Å²) in [5.74, 6) is 0. The Kier molecular flexibility index (Phi) is 11.0. The number of ether oxygens (including phenoxy) is 4. The van der Waals surface area contributed by atoms with E-state index in [0.717, 1.165) is 42.6 Å². The summed E-state index contributed by atoms with van der Waals surface area (Å²) in [7, 11) is -3.54. The molecule has 0 bridgehead atoms. The van der Waals surface area contributed by atoms with E-state index in [2.05, 4.69) is 47.6 Å². The summed E-state index contributed by atoms with van der Waals surface area (Å²) in [4.78, 5) is 0. The third-order valence-electron chi connectivity index (χ3n) is 8.13. The van der Waals surface area contributed by atoms with Crippen molar-refractivity contribution in [3.05, 3.63) is 42.6 Å². The molecule has 228 valence electrons. The minimum Gasteiger partial charge on any atom is -0.379 e. The lowest BCUT2D eigenvalue weighted by molar-refractivity contribution is 0.0537. The van der Waals surface area contributed by atoms with Gasteiger partial charge in [0.2, 0.25) is 0 Å². The molecule has 0 aliphatic carbocycles. The first-order chi connectivity index (χ1) is 19.6. The largest absolute Gasteiger partial charge is 0.379 e. The number of rotatable bonds is 7. The molecule has 4 aliphatic rings. The monoisotopic (exact) mass is 672 g/mol. The zero-order valence-electron chi connectivity index (χ0n) is 23.9. The Hall–Kier alpha value is -0.880. The van der Waals surface area contributed by atoms with Crippen molar-refractivity contribution in [1.82, 2.24) is 23.2 Å². The summed E-state index contributed by atoms with van der Waals surface area (Å²) < 4.78 is 55.6. The number of halogens is 1. The van der Waals surface area contributed by atoms with Crippen LogP contribution in [0.15, 0.2) is 47.3 Å². The van der Waals surface area contributed by atoms with E-state index in [9.17, 15) is 0 Å². The second-order valence-electron chi connectivity index (χ2n) is 10.5. The number of benzene rings is 1. The summed E-state index contributed by atoms with van der Waals surface area (Å²) in [6, 6.07) is 12.5. The van der Waals surface area contributed by atoms with E-state index >= 15 is 4.57 Å². The van der Waals surface area contributed by atoms with E-state index in [1.807, 2.05) is 25.2 Å². The lowest BCUT2D eigenvalue weighted by Gasteiger charge is -2.46. The molecular weight excluding hydrogens is 630 g/mol. The molecule has 4 fully saturated rings. The molecule has 0 amide bonds. The van der Waals surface area contributed by atoms with Gasteiger partial charge in [-0.1, -0.05) is 18.2 Å². The van der Waals surface area contributed by atoms with Crippen LogP contribution in [-0.2, 0) is 30.6 Å². The predicted octanol–water partition coefficient (Wildman–Crippen LogP) is 2.74. The summed E-state index contributed by atoms with van der Waals surface area (Å²) in [6.07, 6.45) is 2.20. The number of hydrogen-bond acceptors (Lipinski definition) is 6. The number of nitrogens with zero attached hydrogens (tertiary/aromatic N) is 6. The van der Waals surface area contributed by atoms with Crippen molar-refractivity contribution in [3.8, 4) is 0 Å². The van der Waals surface area contributed by atoms with Gasteiger partial charge in [0.15, 0.2) is 0 Å². The lowest BCUT2D eigenvalue weighted by atomic mass is 10.3. The molecule has 41 heavy (non-hydrogen) atoms. The van der Waals surface area contributed by atoms with Crippen molar-refractivity contribution in [2.45, 2.75) is 0 Å². The number of hydrogen-bond donors (Lipinski definition) is 0. The van der Waals surface area contributed by atoms with Crippen LogP contribution in [0.25, 0.3) is 0 Å². The number of aryl methyl sites for hydroxylation is 1. The molecule has 0 atom stereocenters. The van der Waals surface area contributed by atoms with Crippen LogP contribution < -0.4 is 10.7 Å². The van der Waals surface area contributed by atoms with Crippen molar-refractivity contribution < 1.29 is 23.5 Å². The Morgan fingerprint density at radius 3 is 1.51 bits per heavy atom. The van der Waals surface area contributed by atoms with Crippen LogP contribution >= 0.6 is 31.8 Å². The van der Waals surface area contributed by atoms with Crippen LogP contribution in [0.1, 0.15) is 0 Å². The van der Waals surface area contributed by atoms with E-state index < -0.39 is 14.8 Å². The molecule has 5 heterocycles. The third kappa shape index (κ3) is 6.35. The van der Waals surface area contributed by atoms with Crippen LogP contribution in [0.3, 0.4) is 0 Å². The molecule has 11 nitrogen and oxygen atoms in total. The number of aromatic nitrogens is 1. The molecule has 1 aromatic heterocycles. The quantitative estimate of drug-likeness (QED) is 0.413. The molecule has 2 aromatic rings. The average Bonchev–Trinajstić information content (AvgIpc) is 3.44. The SMILES string of the molecule is Br.Cn1cc(P(=Nc2ccccc2)(N2CCOCC2)N2CCOCC2)cc1P(=O)(N1CCOCC1)N1CCOCC1. The zero-order chi connectivity index (χ0) is 27.4. The van der Waals surface area contributed by atoms with E-state index in [4.69, 9.17) is 23.7 Å². The van der Waals surface area contributed by atoms with Crippen molar-refractivity contribution in [2.24, 2.45) is 11.8 Å². The van der Waals surface area contributed by atoms with Gasteiger partial charge in [0, 0.05) is 70.9 Å². The first kappa shape index (κ1) is 31.5. The van der Waals surface area contributed by atoms with Gasteiger partial charge in [-0.2, -0.15) is 0 Å². The highest BCUT2D eigenvalue weighted by Crippen LogP contribution is 2.59. The second-order valence-corrected chi connectivity index (χ2v) is 16.1. The summed E-state index contributed by atoms with van der Waals surface area (Å²) in [6.45, 7) is 10.9. The predicted molar refractivity (Wildman–Crippen MR) is 168 cm³/mol. The fourth-order valence-electron chi connectivity index (χ4n) is 6.12. The Bertz CT molecular complexity index is 1180. The Morgan fingerprint density at radius 2 is 1.07 bits per heavy atom. The summed E-state index contributed by atoms with van der Waals surface area (Å²) in [5, 5.41) is 1.14. The first-order valence-electron chi connectivity index (χ1n) is 14.4. The highest BCUT2D eigenvalue weighted by atomic mass is 79.9. The smallest absolute Gasteiger partial charge is 0.262 e. The number of morpholine rings is 4. The topological polar surface area (TPSA) is 84.2 Å². The van der Waals surface area contributed by atoms with Gasteiger partial charge >= 0.3 is 0 Å². The maximum atomic E-state index is 15.4. The van der Waals surface area contributed by atoms with Crippen LogP contribution in [0, 0.1) is 0 Å². The van der Waals surface area contributed by atoms with E-state index in [1.165, 1.54) is 0 Å². The molecular formula is C27H43BrN6O5P2. The van der Waals surface area contributed by atoms with Gasteiger partial charge in [0.25, 0.3) is 7.44 Å². The van der Waals surface area contributed by atoms with E-state index in [-0.39, 0.29) is 17.0 Å². The van der Waals surface area contributed by atoms with E-state index in [1.54, 1.807) is 0 Å². The van der Waals surface area contributed by atoms with Crippen LogP contribution in [0.2, 0.25) is 0 Å². The normalized spacial score (nSPS) is 22.8. The first-order valence-corrected chi connectivity index (χ1v) is 17.7. The summed E-state index contributed by atoms with van der Waals surface area (Å²) in [5.41, 5.74) is 1.82. The molecule has 0 unspecified atom stereocenters. The molecule has 0 spiro atoms. The standard InChI is InChI=1S/C27H42N6O5P2.BrH/c1-29-24-26(23-27(29)40(34,32-11-19-37-20-12-32)33-13-21-38-22-14-33)39(30-7-15-35-16-8-30,31-9-17-36-18-10-31)28-25-5-3-2-4-6-25;/h2-6,23-24H,7-22H2,1H3;1H. The molecule has 4 aliphatic heterocycles. The molecule has 14 heteroatoms. The fraction of sp³-hybridized carbons (Fsp3) is 0.630. The second kappa shape index (κ2) is 14.3. The minimum absolute atomic E-state index is 0. The van der Waals surface area contributed by atoms with Gasteiger partial charge in [-0.15, -0.1) is 17.0 Å². The Morgan fingerprint density at radius 1 is 0.659 bits per heavy atom. The van der Waals surface area contributed by atoms with Crippen LogP contribution in [0.4, 0.5) is 5.69 Å². The van der Waals surface area contributed by atoms with Gasteiger partial charge in [0.05, 0.1) is 58.5 Å². The van der Waals surface area contributed by atoms with Gasteiger partial charge in [-0.25, -0.2) is 23.4 Å². The zero-order valence-corrected chi connectivity index (χ0v) is 27.4. The van der Waals surface area contributed by atoms with Crippen molar-refractivity contribution in [1.29, 1.82) is 0 Å². The highest BCUT2D eigenvalue weighted by Gasteiger charge is 2.45. The molecule has 1 aromatic carbocycles. The average molecular weight is 674 g/mol. The molecule has 6 rings (SSSR count). The maximum Gasteiger partial charge on any atom is 0.262 e. The third-order valence-corrected chi connectivity index (χ3v) is 15.3. The van der Waals surface area contributed by atoms with Crippen LogP contribution in [0.5, 0.6) is 0 Å². The van der Waals surface area contributed by atoms with Crippen LogP contribution in [-0.4, -0.2) is 128 Å². The summed E-state index contributed by atoms with van der Waals surface area (Å²) >= 11 is 0. The minimum atomic E-state index is -3.11. The van der Waals surface area contributed by atoms with E-state index in [0.29, 0.717) is 79.0 Å². The fourth-order valence-corrected chi connectivity index (χ4v) is 13.2. The van der Waals surface area contributed by atoms with Gasteiger partial charge in [0.1, 0.15) is 12.8 Å². The van der Waals surface area contributed by atoms with Crippen molar-refractivity contribution >= 4 is 48.2 Å². The molecule has 0 saturated carbocycles. The Balaban J connectivity index is 0.00000337. The van der Waals surface area contributed by atoms with Gasteiger partial charge < -0.3 is 23.5 Å². The lowest BCUT2D eigenvalue weighted by Crippen LogP contribution is -2.47. The Labute approximate surface area is 254 Å². The molecule has 0 radical (unpaired) electrons. The molecule has 4 saturated heterocycles. The maximum absolute atomic E-state index is 15.4. The molecule has 0 N–H and O–H groups in total. The van der Waals surface area contributed by atoms with Crippen molar-refractivity contribution in [3.63, 3.8) is 0 Å². The van der Waals surface area contributed by atoms with Crippen molar-refractivity contribution in [2.75, 3.05) is 105 Å².